The molecular weight excluding hydrogens is 456 g/mol. The van der Waals surface area contributed by atoms with Crippen molar-refractivity contribution in [3.8, 4) is 11.5 Å². The molecule has 1 fully saturated rings. The smallest absolute Gasteiger partial charge is 0.300 e. The number of ketones is 1. The molecule has 3 aromatic rings. The van der Waals surface area contributed by atoms with Crippen molar-refractivity contribution in [3.63, 3.8) is 0 Å². The average Bonchev–Trinajstić information content (AvgIpc) is 3.14. The second-order valence-corrected chi connectivity index (χ2v) is 8.94. The van der Waals surface area contributed by atoms with Crippen LogP contribution in [-0.2, 0) is 9.59 Å². The largest absolute Gasteiger partial charge is 0.507 e. The van der Waals surface area contributed by atoms with Crippen molar-refractivity contribution in [1.82, 2.24) is 4.98 Å². The molecule has 0 spiro atoms. The van der Waals surface area contributed by atoms with E-state index < -0.39 is 17.7 Å². The Hall–Kier alpha value is -4.13. The van der Waals surface area contributed by atoms with Crippen LogP contribution in [-0.4, -0.2) is 35.5 Å². The van der Waals surface area contributed by atoms with Gasteiger partial charge in [0.05, 0.1) is 25.3 Å². The fraction of sp³-hybridized carbons (Fsp3) is 0.276. The van der Waals surface area contributed by atoms with Crippen LogP contribution < -0.4 is 14.4 Å². The molecule has 1 aromatic heterocycles. The number of hydrogen-bond acceptors (Lipinski definition) is 6. The first-order valence-electron chi connectivity index (χ1n) is 11.9. The second kappa shape index (κ2) is 10.2. The van der Waals surface area contributed by atoms with Gasteiger partial charge in [0, 0.05) is 29.7 Å². The lowest BCUT2D eigenvalue weighted by molar-refractivity contribution is -0.132. The number of aliphatic hydroxyl groups is 1. The summed E-state index contributed by atoms with van der Waals surface area (Å²) in [5.74, 6) is -0.289. The minimum Gasteiger partial charge on any atom is -0.507 e. The predicted octanol–water partition coefficient (Wildman–Crippen LogP) is 5.55. The Morgan fingerprint density at radius 3 is 2.47 bits per heavy atom. The summed E-state index contributed by atoms with van der Waals surface area (Å²) in [6, 6.07) is 13.3. The number of carbonyl (C=O) groups is 2. The fourth-order valence-electron chi connectivity index (χ4n) is 4.58. The number of amides is 1. The Labute approximate surface area is 211 Å². The van der Waals surface area contributed by atoms with E-state index in [1.807, 2.05) is 39.8 Å². The molecule has 1 amide bonds. The van der Waals surface area contributed by atoms with Crippen molar-refractivity contribution in [2.45, 2.75) is 39.7 Å². The number of Topliss-reactive ketones (excluding diaryl/α,β-unsaturated/α-hetero) is 1. The van der Waals surface area contributed by atoms with Crippen molar-refractivity contribution in [2.75, 3.05) is 18.6 Å². The van der Waals surface area contributed by atoms with Gasteiger partial charge in [0.25, 0.3) is 11.7 Å². The van der Waals surface area contributed by atoms with Gasteiger partial charge < -0.3 is 14.6 Å². The Morgan fingerprint density at radius 1 is 1.11 bits per heavy atom. The van der Waals surface area contributed by atoms with Crippen LogP contribution in [0, 0.1) is 6.92 Å². The van der Waals surface area contributed by atoms with Crippen molar-refractivity contribution in [1.29, 1.82) is 0 Å². The molecule has 7 nitrogen and oxygen atoms in total. The molecule has 7 heteroatoms. The highest BCUT2D eigenvalue weighted by molar-refractivity contribution is 6.51. The molecule has 0 bridgehead atoms. The third kappa shape index (κ3) is 4.44. The number of rotatable bonds is 7. The van der Waals surface area contributed by atoms with E-state index in [4.69, 9.17) is 9.47 Å². The van der Waals surface area contributed by atoms with Crippen LogP contribution in [0.25, 0.3) is 5.76 Å². The molecule has 1 N–H and O–H groups in total. The van der Waals surface area contributed by atoms with Crippen LogP contribution in [0.2, 0.25) is 0 Å². The topological polar surface area (TPSA) is 89.0 Å². The van der Waals surface area contributed by atoms with Gasteiger partial charge in [-0.15, -0.1) is 0 Å². The van der Waals surface area contributed by atoms with Crippen LogP contribution in [0.4, 0.5) is 5.69 Å². The maximum Gasteiger partial charge on any atom is 0.300 e. The number of aliphatic hydroxyl groups excluding tert-OH is 1. The summed E-state index contributed by atoms with van der Waals surface area (Å²) < 4.78 is 11.2. The summed E-state index contributed by atoms with van der Waals surface area (Å²) in [4.78, 5) is 32.4. The van der Waals surface area contributed by atoms with Gasteiger partial charge in [-0.25, -0.2) is 0 Å². The van der Waals surface area contributed by atoms with E-state index in [9.17, 15) is 14.7 Å². The molecule has 2 aromatic carbocycles. The Balaban J connectivity index is 1.95. The molecule has 186 valence electrons. The summed E-state index contributed by atoms with van der Waals surface area (Å²) in [6.45, 7) is 8.23. The van der Waals surface area contributed by atoms with E-state index in [0.29, 0.717) is 34.9 Å². The molecule has 1 unspecified atom stereocenters. The number of methoxy groups -OCH3 is 1. The van der Waals surface area contributed by atoms with Gasteiger partial charge in [0.15, 0.2) is 0 Å². The van der Waals surface area contributed by atoms with Crippen molar-refractivity contribution < 1.29 is 24.2 Å². The van der Waals surface area contributed by atoms with Crippen molar-refractivity contribution in [2.24, 2.45) is 0 Å². The summed E-state index contributed by atoms with van der Waals surface area (Å²) in [7, 11) is 1.60. The zero-order chi connectivity index (χ0) is 26.0. The minimum absolute atomic E-state index is 0.0241. The number of pyridine rings is 1. The lowest BCUT2D eigenvalue weighted by Gasteiger charge is -2.26. The summed E-state index contributed by atoms with van der Waals surface area (Å²) in [5, 5.41) is 11.6. The third-order valence-corrected chi connectivity index (χ3v) is 6.33. The predicted molar refractivity (Wildman–Crippen MR) is 138 cm³/mol. The normalized spacial score (nSPS) is 17.1. The number of hydrogen-bond donors (Lipinski definition) is 1. The maximum absolute atomic E-state index is 13.5. The quantitative estimate of drug-likeness (QED) is 0.268. The number of benzene rings is 2. The molecule has 1 aliphatic heterocycles. The lowest BCUT2D eigenvalue weighted by Crippen LogP contribution is -2.29. The standard InChI is InChI=1S/C29H30N2O5/c1-6-36-21-9-7-8-20(15-21)31-26(19-10-12-30-13-11-19)25(28(33)29(31)34)27(32)23-16-22(17(2)3)24(35-5)14-18(23)4/h7-17,26,32H,6H2,1-5H3/b27-25+. The Morgan fingerprint density at radius 2 is 1.83 bits per heavy atom. The first kappa shape index (κ1) is 25.0. The van der Waals surface area contributed by atoms with Gasteiger partial charge in [-0.1, -0.05) is 19.9 Å². The molecule has 0 aliphatic carbocycles. The molecule has 0 radical (unpaired) electrons. The van der Waals surface area contributed by atoms with E-state index in [1.165, 1.54) is 4.90 Å². The van der Waals surface area contributed by atoms with Crippen LogP contribution in [0.15, 0.2) is 66.5 Å². The van der Waals surface area contributed by atoms with Crippen LogP contribution >= 0.6 is 0 Å². The molecule has 36 heavy (non-hydrogen) atoms. The van der Waals surface area contributed by atoms with Gasteiger partial charge in [0.1, 0.15) is 17.3 Å². The summed E-state index contributed by atoms with van der Waals surface area (Å²) in [6.07, 6.45) is 3.20. The van der Waals surface area contributed by atoms with Crippen LogP contribution in [0.1, 0.15) is 55.0 Å². The van der Waals surface area contributed by atoms with Crippen molar-refractivity contribution >= 4 is 23.1 Å². The van der Waals surface area contributed by atoms with Crippen LogP contribution in [0.3, 0.4) is 0 Å². The van der Waals surface area contributed by atoms with E-state index in [0.717, 1.165) is 11.1 Å². The maximum atomic E-state index is 13.5. The monoisotopic (exact) mass is 486 g/mol. The molecule has 1 aliphatic rings. The SMILES string of the molecule is CCOc1cccc(N2C(=O)C(=O)/C(=C(/O)c3cc(C(C)C)c(OC)cc3C)C2c2ccncc2)c1. The second-order valence-electron chi connectivity index (χ2n) is 8.94. The Kier molecular flexibility index (Phi) is 7.10. The number of carbonyl (C=O) groups excluding carboxylic acids is 2. The van der Waals surface area contributed by atoms with Gasteiger partial charge in [0.2, 0.25) is 0 Å². The van der Waals surface area contributed by atoms with E-state index in [-0.39, 0.29) is 17.3 Å². The number of nitrogens with zero attached hydrogens (tertiary/aromatic N) is 2. The highest BCUT2D eigenvalue weighted by Gasteiger charge is 2.47. The average molecular weight is 487 g/mol. The summed E-state index contributed by atoms with van der Waals surface area (Å²) >= 11 is 0. The van der Waals surface area contributed by atoms with Gasteiger partial charge in [-0.05, 0) is 72.9 Å². The van der Waals surface area contributed by atoms with Gasteiger partial charge >= 0.3 is 0 Å². The van der Waals surface area contributed by atoms with E-state index in [2.05, 4.69) is 4.98 Å². The van der Waals surface area contributed by atoms with Crippen LogP contribution in [0.5, 0.6) is 11.5 Å². The highest BCUT2D eigenvalue weighted by atomic mass is 16.5. The Bertz CT molecular complexity index is 1330. The van der Waals surface area contributed by atoms with E-state index >= 15 is 0 Å². The first-order valence-corrected chi connectivity index (χ1v) is 11.9. The zero-order valence-electron chi connectivity index (χ0n) is 21.1. The van der Waals surface area contributed by atoms with E-state index in [1.54, 1.807) is 55.9 Å². The summed E-state index contributed by atoms with van der Waals surface area (Å²) in [5.41, 5.74) is 3.28. The number of aryl methyl sites for hydroxylation is 1. The van der Waals surface area contributed by atoms with Gasteiger partial charge in [-0.3, -0.25) is 19.5 Å². The molecule has 1 atom stereocenters. The fourth-order valence-corrected chi connectivity index (χ4v) is 4.58. The molecular formula is C29H30N2O5. The molecule has 1 saturated heterocycles. The highest BCUT2D eigenvalue weighted by Crippen LogP contribution is 2.43. The van der Waals surface area contributed by atoms with Gasteiger partial charge in [-0.2, -0.15) is 0 Å². The number of ether oxygens (including phenoxy) is 2. The third-order valence-electron chi connectivity index (χ3n) is 6.33. The molecule has 4 rings (SSSR count). The van der Waals surface area contributed by atoms with Crippen molar-refractivity contribution in [3.05, 3.63) is 88.8 Å². The lowest BCUT2D eigenvalue weighted by atomic mass is 9.91. The molecule has 0 saturated carbocycles. The first-order chi connectivity index (χ1) is 17.3. The zero-order valence-corrected chi connectivity index (χ0v) is 21.1. The number of anilines is 1. The minimum atomic E-state index is -0.839. The number of aromatic nitrogens is 1. The molecule has 2 heterocycles.